The van der Waals surface area contributed by atoms with Crippen molar-refractivity contribution < 1.29 is 0 Å². The van der Waals surface area contributed by atoms with Crippen molar-refractivity contribution >= 4 is 0 Å². The fraction of sp³-hybridized carbons (Fsp3) is 1.00. The third-order valence-corrected chi connectivity index (χ3v) is 2.41. The van der Waals surface area contributed by atoms with E-state index in [0.29, 0.717) is 12.0 Å². The van der Waals surface area contributed by atoms with E-state index in [0.717, 1.165) is 5.92 Å². The second-order valence-corrected chi connectivity index (χ2v) is 3.80. The van der Waals surface area contributed by atoms with E-state index in [9.17, 15) is 0 Å². The van der Waals surface area contributed by atoms with Gasteiger partial charge >= 0.3 is 0 Å². The summed E-state index contributed by atoms with van der Waals surface area (Å²) in [6, 6.07) is 0.413. The Morgan fingerprint density at radius 1 is 1.40 bits per heavy atom. The molecule has 0 spiro atoms. The van der Waals surface area contributed by atoms with Gasteiger partial charge in [-0.05, 0) is 18.9 Å². The highest BCUT2D eigenvalue weighted by molar-refractivity contribution is 4.86. The van der Waals surface area contributed by atoms with E-state index >= 15 is 0 Å². The molecule has 1 atom stereocenters. The number of likely N-dealkylation sites (tertiary alicyclic amines) is 1. The van der Waals surface area contributed by atoms with E-state index in [4.69, 9.17) is 5.73 Å². The normalized spacial score (nSPS) is 24.9. The average Bonchev–Trinajstić information content (AvgIpc) is 1.79. The van der Waals surface area contributed by atoms with E-state index in [-0.39, 0.29) is 0 Å². The van der Waals surface area contributed by atoms with E-state index in [1.165, 1.54) is 13.1 Å². The summed E-state index contributed by atoms with van der Waals surface area (Å²) in [6.07, 6.45) is 0. The monoisotopic (exact) mass is 142 g/mol. The van der Waals surface area contributed by atoms with E-state index in [1.54, 1.807) is 0 Å². The molecule has 1 fully saturated rings. The minimum Gasteiger partial charge on any atom is -0.327 e. The van der Waals surface area contributed by atoms with Crippen LogP contribution in [0.25, 0.3) is 0 Å². The van der Waals surface area contributed by atoms with Crippen LogP contribution < -0.4 is 5.73 Å². The van der Waals surface area contributed by atoms with E-state index in [1.807, 2.05) is 0 Å². The summed E-state index contributed by atoms with van der Waals surface area (Å²) in [5.41, 5.74) is 5.96. The van der Waals surface area contributed by atoms with Crippen LogP contribution in [0.2, 0.25) is 0 Å². The Hall–Kier alpha value is -0.0800. The molecule has 1 rings (SSSR count). The molecule has 10 heavy (non-hydrogen) atoms. The summed E-state index contributed by atoms with van der Waals surface area (Å²) in [5.74, 6) is 1.39. The summed E-state index contributed by atoms with van der Waals surface area (Å²) in [7, 11) is 2.14. The first-order valence-corrected chi connectivity index (χ1v) is 4.05. The highest BCUT2D eigenvalue weighted by Crippen LogP contribution is 2.19. The SMILES string of the molecule is CC(C)C(N)C1CN(C)C1. The van der Waals surface area contributed by atoms with Gasteiger partial charge in [-0.25, -0.2) is 0 Å². The highest BCUT2D eigenvalue weighted by atomic mass is 15.2. The number of hydrogen-bond acceptors (Lipinski definition) is 2. The lowest BCUT2D eigenvalue weighted by Gasteiger charge is -2.41. The lowest BCUT2D eigenvalue weighted by molar-refractivity contribution is 0.0970. The van der Waals surface area contributed by atoms with E-state index in [2.05, 4.69) is 25.8 Å². The summed E-state index contributed by atoms with van der Waals surface area (Å²) in [6.45, 7) is 6.78. The van der Waals surface area contributed by atoms with Crippen LogP contribution >= 0.6 is 0 Å². The lowest BCUT2D eigenvalue weighted by atomic mass is 9.86. The second kappa shape index (κ2) is 2.89. The Kier molecular flexibility index (Phi) is 2.32. The fourth-order valence-electron chi connectivity index (χ4n) is 1.53. The highest BCUT2D eigenvalue weighted by Gasteiger charge is 2.30. The molecule has 1 aliphatic heterocycles. The predicted octanol–water partition coefficient (Wildman–Crippen LogP) is 0.531. The molecule has 0 bridgehead atoms. The van der Waals surface area contributed by atoms with Crippen molar-refractivity contribution in [2.45, 2.75) is 19.9 Å². The molecule has 2 N–H and O–H groups in total. The molecule has 1 saturated heterocycles. The van der Waals surface area contributed by atoms with Gasteiger partial charge in [-0.3, -0.25) is 0 Å². The van der Waals surface area contributed by atoms with Gasteiger partial charge in [0.15, 0.2) is 0 Å². The molecule has 0 radical (unpaired) electrons. The molecule has 1 heterocycles. The minimum atomic E-state index is 0.413. The maximum absolute atomic E-state index is 5.96. The number of rotatable bonds is 2. The Labute approximate surface area is 63.4 Å². The standard InChI is InChI=1S/C8H18N2/c1-6(2)8(9)7-4-10(3)5-7/h6-8H,4-5,9H2,1-3H3. The van der Waals surface area contributed by atoms with Crippen LogP contribution in [0.5, 0.6) is 0 Å². The van der Waals surface area contributed by atoms with Gasteiger partial charge in [0, 0.05) is 19.1 Å². The lowest BCUT2D eigenvalue weighted by Crippen LogP contribution is -2.54. The molecule has 1 aliphatic rings. The number of nitrogens with two attached hydrogens (primary N) is 1. The first-order valence-electron chi connectivity index (χ1n) is 4.05. The zero-order valence-electron chi connectivity index (χ0n) is 7.17. The van der Waals surface area contributed by atoms with Gasteiger partial charge in [-0.2, -0.15) is 0 Å². The molecule has 0 amide bonds. The molecular formula is C8H18N2. The third kappa shape index (κ3) is 1.50. The molecule has 2 nitrogen and oxygen atoms in total. The molecule has 0 aromatic rings. The Morgan fingerprint density at radius 2 is 1.90 bits per heavy atom. The smallest absolute Gasteiger partial charge is 0.0115 e. The zero-order chi connectivity index (χ0) is 7.72. The van der Waals surface area contributed by atoms with Crippen molar-refractivity contribution in [3.05, 3.63) is 0 Å². The van der Waals surface area contributed by atoms with Crippen LogP contribution in [0.15, 0.2) is 0 Å². The Morgan fingerprint density at radius 3 is 2.20 bits per heavy atom. The largest absolute Gasteiger partial charge is 0.327 e. The Bertz CT molecular complexity index is 106. The van der Waals surface area contributed by atoms with Crippen molar-refractivity contribution in [1.29, 1.82) is 0 Å². The first-order chi connectivity index (χ1) is 4.61. The maximum Gasteiger partial charge on any atom is 0.0115 e. The van der Waals surface area contributed by atoms with Crippen LogP contribution in [0.4, 0.5) is 0 Å². The first kappa shape index (κ1) is 8.02. The summed E-state index contributed by atoms with van der Waals surface area (Å²) in [4.78, 5) is 2.31. The minimum absolute atomic E-state index is 0.413. The van der Waals surface area contributed by atoms with Gasteiger partial charge in [0.25, 0.3) is 0 Å². The molecule has 0 aromatic heterocycles. The topological polar surface area (TPSA) is 29.3 Å². The molecule has 0 saturated carbocycles. The van der Waals surface area contributed by atoms with Crippen molar-refractivity contribution in [2.75, 3.05) is 20.1 Å². The summed E-state index contributed by atoms with van der Waals surface area (Å²) in [5, 5.41) is 0. The van der Waals surface area contributed by atoms with Crippen molar-refractivity contribution in [3.8, 4) is 0 Å². The fourth-order valence-corrected chi connectivity index (χ4v) is 1.53. The van der Waals surface area contributed by atoms with Crippen LogP contribution in [0, 0.1) is 11.8 Å². The predicted molar refractivity (Wildman–Crippen MR) is 43.8 cm³/mol. The zero-order valence-corrected chi connectivity index (χ0v) is 7.17. The molecule has 0 aromatic carbocycles. The second-order valence-electron chi connectivity index (χ2n) is 3.80. The van der Waals surface area contributed by atoms with Crippen molar-refractivity contribution in [1.82, 2.24) is 4.90 Å². The number of nitrogens with zero attached hydrogens (tertiary/aromatic N) is 1. The van der Waals surface area contributed by atoms with Gasteiger partial charge in [-0.15, -0.1) is 0 Å². The van der Waals surface area contributed by atoms with Gasteiger partial charge < -0.3 is 10.6 Å². The molecule has 2 heteroatoms. The van der Waals surface area contributed by atoms with E-state index < -0.39 is 0 Å². The average molecular weight is 142 g/mol. The quantitative estimate of drug-likeness (QED) is 0.609. The number of hydrogen-bond donors (Lipinski definition) is 1. The molecular weight excluding hydrogens is 124 g/mol. The molecule has 0 aliphatic carbocycles. The van der Waals surface area contributed by atoms with Crippen molar-refractivity contribution in [2.24, 2.45) is 17.6 Å². The summed E-state index contributed by atoms with van der Waals surface area (Å²) < 4.78 is 0. The van der Waals surface area contributed by atoms with Gasteiger partial charge in [0.2, 0.25) is 0 Å². The van der Waals surface area contributed by atoms with Gasteiger partial charge in [0.1, 0.15) is 0 Å². The van der Waals surface area contributed by atoms with Gasteiger partial charge in [-0.1, -0.05) is 13.8 Å². The van der Waals surface area contributed by atoms with Crippen LogP contribution in [-0.2, 0) is 0 Å². The third-order valence-electron chi connectivity index (χ3n) is 2.41. The van der Waals surface area contributed by atoms with Gasteiger partial charge in [0.05, 0.1) is 0 Å². The van der Waals surface area contributed by atoms with Crippen LogP contribution in [0.1, 0.15) is 13.8 Å². The van der Waals surface area contributed by atoms with Crippen molar-refractivity contribution in [3.63, 3.8) is 0 Å². The maximum atomic E-state index is 5.96. The Balaban J connectivity index is 2.24. The summed E-state index contributed by atoms with van der Waals surface area (Å²) >= 11 is 0. The molecule has 60 valence electrons. The van der Waals surface area contributed by atoms with Crippen LogP contribution in [-0.4, -0.2) is 31.1 Å². The van der Waals surface area contributed by atoms with Crippen LogP contribution in [0.3, 0.4) is 0 Å². The molecule has 1 unspecified atom stereocenters.